The van der Waals surface area contributed by atoms with Crippen LogP contribution in [0.4, 0.5) is 0 Å². The van der Waals surface area contributed by atoms with Gasteiger partial charge in [-0.15, -0.1) is 11.8 Å². The van der Waals surface area contributed by atoms with E-state index in [9.17, 15) is 4.79 Å². The standard InChI is InChI=1S/C16H25NOS2/c1-12-6-8-14(9-7-12)20-13(2)15(18)17-10-11-19-16(3,4)5/h6-9,13H,10-11H2,1-5H3,(H,17,18)/t13-/m0/s1. The van der Waals surface area contributed by atoms with E-state index in [0.29, 0.717) is 0 Å². The van der Waals surface area contributed by atoms with Crippen molar-refractivity contribution in [3.8, 4) is 0 Å². The van der Waals surface area contributed by atoms with E-state index in [4.69, 9.17) is 0 Å². The molecule has 0 fully saturated rings. The summed E-state index contributed by atoms with van der Waals surface area (Å²) in [6.45, 7) is 11.3. The maximum atomic E-state index is 12.0. The van der Waals surface area contributed by atoms with Crippen LogP contribution in [-0.4, -0.2) is 28.2 Å². The van der Waals surface area contributed by atoms with E-state index < -0.39 is 0 Å². The summed E-state index contributed by atoms with van der Waals surface area (Å²) in [5.41, 5.74) is 1.24. The molecule has 1 atom stereocenters. The average Bonchev–Trinajstić information content (AvgIpc) is 2.36. The van der Waals surface area contributed by atoms with E-state index in [1.54, 1.807) is 11.8 Å². The van der Waals surface area contributed by atoms with Crippen LogP contribution in [0.3, 0.4) is 0 Å². The highest BCUT2D eigenvalue weighted by atomic mass is 32.2. The van der Waals surface area contributed by atoms with Crippen molar-refractivity contribution in [2.75, 3.05) is 12.3 Å². The molecule has 0 aromatic heterocycles. The highest BCUT2D eigenvalue weighted by Gasteiger charge is 2.14. The molecule has 1 aromatic rings. The fourth-order valence-corrected chi connectivity index (χ4v) is 3.26. The van der Waals surface area contributed by atoms with E-state index in [1.807, 2.05) is 18.7 Å². The summed E-state index contributed by atoms with van der Waals surface area (Å²) >= 11 is 3.48. The number of carbonyl (C=O) groups is 1. The first-order valence-electron chi connectivity index (χ1n) is 6.93. The van der Waals surface area contributed by atoms with Crippen LogP contribution in [0.25, 0.3) is 0 Å². The average molecular weight is 312 g/mol. The van der Waals surface area contributed by atoms with Crippen LogP contribution in [0.2, 0.25) is 0 Å². The molecule has 20 heavy (non-hydrogen) atoms. The normalized spacial score (nSPS) is 13.1. The van der Waals surface area contributed by atoms with Crippen LogP contribution in [0.1, 0.15) is 33.3 Å². The second kappa shape index (κ2) is 7.99. The molecule has 1 rings (SSSR count). The summed E-state index contributed by atoms with van der Waals surface area (Å²) in [6, 6.07) is 8.29. The number of aryl methyl sites for hydroxylation is 1. The lowest BCUT2D eigenvalue weighted by Gasteiger charge is -2.18. The Bertz CT molecular complexity index is 423. The first-order chi connectivity index (χ1) is 9.28. The van der Waals surface area contributed by atoms with E-state index in [0.717, 1.165) is 17.2 Å². The van der Waals surface area contributed by atoms with Gasteiger partial charge in [-0.05, 0) is 26.0 Å². The van der Waals surface area contributed by atoms with Gasteiger partial charge in [0.15, 0.2) is 0 Å². The summed E-state index contributed by atoms with van der Waals surface area (Å²) in [6.07, 6.45) is 0. The number of nitrogens with one attached hydrogen (secondary N) is 1. The molecule has 1 aromatic carbocycles. The molecule has 1 N–H and O–H groups in total. The zero-order valence-electron chi connectivity index (χ0n) is 13.0. The predicted octanol–water partition coefficient (Wildman–Crippen LogP) is 4.12. The Balaban J connectivity index is 2.30. The number of hydrogen-bond donors (Lipinski definition) is 1. The molecular weight excluding hydrogens is 286 g/mol. The lowest BCUT2D eigenvalue weighted by Crippen LogP contribution is -2.33. The van der Waals surface area contributed by atoms with Crippen LogP contribution >= 0.6 is 23.5 Å². The third-order valence-corrected chi connectivity index (χ3v) is 5.03. The molecule has 0 aliphatic carbocycles. The molecule has 0 saturated heterocycles. The number of carbonyl (C=O) groups excluding carboxylic acids is 1. The third-order valence-electron chi connectivity index (χ3n) is 2.64. The van der Waals surface area contributed by atoms with Crippen LogP contribution < -0.4 is 5.32 Å². The van der Waals surface area contributed by atoms with Gasteiger partial charge in [-0.1, -0.05) is 38.5 Å². The Morgan fingerprint density at radius 2 is 1.85 bits per heavy atom. The van der Waals surface area contributed by atoms with Crippen LogP contribution in [0, 0.1) is 6.92 Å². The van der Waals surface area contributed by atoms with Gasteiger partial charge < -0.3 is 5.32 Å². The van der Waals surface area contributed by atoms with Gasteiger partial charge in [0.2, 0.25) is 5.91 Å². The highest BCUT2D eigenvalue weighted by molar-refractivity contribution is 8.00. The minimum Gasteiger partial charge on any atom is -0.354 e. The minimum absolute atomic E-state index is 0.0580. The number of rotatable bonds is 6. The Labute approximate surface area is 131 Å². The largest absolute Gasteiger partial charge is 0.354 e. The number of benzene rings is 1. The van der Waals surface area contributed by atoms with Crippen molar-refractivity contribution < 1.29 is 4.79 Å². The summed E-state index contributed by atoms with van der Waals surface area (Å²) in [7, 11) is 0. The number of amides is 1. The molecule has 0 spiro atoms. The van der Waals surface area contributed by atoms with Gasteiger partial charge in [0.05, 0.1) is 5.25 Å². The quantitative estimate of drug-likeness (QED) is 0.633. The fourth-order valence-electron chi connectivity index (χ4n) is 1.55. The predicted molar refractivity (Wildman–Crippen MR) is 91.7 cm³/mol. The summed E-state index contributed by atoms with van der Waals surface area (Å²) < 4.78 is 0.257. The molecule has 0 aliphatic rings. The van der Waals surface area contributed by atoms with Gasteiger partial charge in [0.25, 0.3) is 0 Å². The monoisotopic (exact) mass is 311 g/mol. The van der Waals surface area contributed by atoms with Gasteiger partial charge in [0.1, 0.15) is 0 Å². The molecule has 4 heteroatoms. The van der Waals surface area contributed by atoms with Crippen molar-refractivity contribution in [1.82, 2.24) is 5.32 Å². The summed E-state index contributed by atoms with van der Waals surface area (Å²) in [4.78, 5) is 13.1. The van der Waals surface area contributed by atoms with Crippen molar-refractivity contribution in [3.05, 3.63) is 29.8 Å². The second-order valence-electron chi connectivity index (χ2n) is 5.82. The molecule has 1 amide bonds. The Kier molecular flexibility index (Phi) is 6.96. The van der Waals surface area contributed by atoms with E-state index in [1.165, 1.54) is 5.56 Å². The van der Waals surface area contributed by atoms with Crippen molar-refractivity contribution >= 4 is 29.4 Å². The zero-order chi connectivity index (χ0) is 15.2. The van der Waals surface area contributed by atoms with Gasteiger partial charge in [-0.25, -0.2) is 0 Å². The van der Waals surface area contributed by atoms with Gasteiger partial charge in [0, 0.05) is 21.9 Å². The number of thioether (sulfide) groups is 2. The van der Waals surface area contributed by atoms with Crippen molar-refractivity contribution in [1.29, 1.82) is 0 Å². The minimum atomic E-state index is -0.0580. The summed E-state index contributed by atoms with van der Waals surface area (Å²) in [5.74, 6) is 1.07. The topological polar surface area (TPSA) is 29.1 Å². The van der Waals surface area contributed by atoms with Gasteiger partial charge >= 0.3 is 0 Å². The lowest BCUT2D eigenvalue weighted by molar-refractivity contribution is -0.120. The molecule has 0 radical (unpaired) electrons. The first-order valence-corrected chi connectivity index (χ1v) is 8.79. The van der Waals surface area contributed by atoms with Crippen molar-refractivity contribution in [3.63, 3.8) is 0 Å². The maximum Gasteiger partial charge on any atom is 0.233 e. The van der Waals surface area contributed by atoms with E-state index in [-0.39, 0.29) is 15.9 Å². The van der Waals surface area contributed by atoms with Crippen molar-refractivity contribution in [2.24, 2.45) is 0 Å². The molecule has 112 valence electrons. The molecule has 0 saturated carbocycles. The van der Waals surface area contributed by atoms with Crippen LogP contribution in [0.5, 0.6) is 0 Å². The third kappa shape index (κ3) is 7.25. The summed E-state index contributed by atoms with van der Waals surface area (Å²) in [5, 5.41) is 2.95. The zero-order valence-corrected chi connectivity index (χ0v) is 14.7. The first kappa shape index (κ1) is 17.4. The SMILES string of the molecule is Cc1ccc(S[C@@H](C)C(=O)NCCSC(C)(C)C)cc1. The van der Waals surface area contributed by atoms with E-state index >= 15 is 0 Å². The molecule has 2 nitrogen and oxygen atoms in total. The Hall–Kier alpha value is -0.610. The maximum absolute atomic E-state index is 12.0. The molecule has 0 heterocycles. The second-order valence-corrected chi connectivity index (χ2v) is 9.16. The van der Waals surface area contributed by atoms with Crippen molar-refractivity contribution in [2.45, 2.75) is 49.5 Å². The Morgan fingerprint density at radius 3 is 2.40 bits per heavy atom. The molecule has 0 aliphatic heterocycles. The van der Waals surface area contributed by atoms with Gasteiger partial charge in [-0.3, -0.25) is 4.79 Å². The molecule has 0 unspecified atom stereocenters. The fraction of sp³-hybridized carbons (Fsp3) is 0.562. The van der Waals surface area contributed by atoms with Crippen LogP contribution in [-0.2, 0) is 4.79 Å². The Morgan fingerprint density at radius 1 is 1.25 bits per heavy atom. The smallest absolute Gasteiger partial charge is 0.233 e. The molecule has 0 bridgehead atoms. The number of hydrogen-bond acceptors (Lipinski definition) is 3. The lowest BCUT2D eigenvalue weighted by atomic mass is 10.2. The molecular formula is C16H25NOS2. The highest BCUT2D eigenvalue weighted by Crippen LogP contribution is 2.24. The van der Waals surface area contributed by atoms with Crippen LogP contribution in [0.15, 0.2) is 29.2 Å². The van der Waals surface area contributed by atoms with E-state index in [2.05, 4.69) is 57.3 Å². The van der Waals surface area contributed by atoms with Gasteiger partial charge in [-0.2, -0.15) is 11.8 Å².